The van der Waals surface area contributed by atoms with Gasteiger partial charge in [-0.15, -0.1) is 6.42 Å². The maximum absolute atomic E-state index is 15.6. The van der Waals surface area contributed by atoms with Crippen LogP contribution in [0.2, 0.25) is 0 Å². The summed E-state index contributed by atoms with van der Waals surface area (Å²) < 4.78 is 27.1. The van der Waals surface area contributed by atoms with E-state index >= 15 is 4.39 Å². The van der Waals surface area contributed by atoms with E-state index in [4.69, 9.17) is 21.6 Å². The average Bonchev–Trinajstić information content (AvgIpc) is 3.36. The van der Waals surface area contributed by atoms with Crippen molar-refractivity contribution in [3.8, 4) is 12.3 Å². The molecule has 1 saturated heterocycles. The van der Waals surface area contributed by atoms with Crippen molar-refractivity contribution < 1.29 is 28.9 Å². The van der Waals surface area contributed by atoms with Crippen molar-refractivity contribution in [2.24, 2.45) is 0 Å². The van der Waals surface area contributed by atoms with Gasteiger partial charge in [0.25, 0.3) is 5.85 Å². The smallest absolute Gasteiger partial charge is 0.305 e. The Morgan fingerprint density at radius 2 is 1.89 bits per heavy atom. The predicted octanol–water partition coefficient (Wildman–Crippen LogP) is 2.79. The Hall–Kier alpha value is -2.81. The summed E-state index contributed by atoms with van der Waals surface area (Å²) in [7, 11) is 0. The first-order chi connectivity index (χ1) is 16.8. The topological polar surface area (TPSA) is 146 Å². The number of terminal acetylenes is 1. The summed E-state index contributed by atoms with van der Waals surface area (Å²) in [5.74, 6) is -1.51. The molecule has 1 aliphatic heterocycles. The zero-order valence-corrected chi connectivity index (χ0v) is 20.0. The lowest BCUT2D eigenvalue weighted by molar-refractivity contribution is -0.216. The van der Waals surface area contributed by atoms with Gasteiger partial charge in [-0.1, -0.05) is 64.2 Å². The molecule has 0 spiro atoms. The van der Waals surface area contributed by atoms with Crippen LogP contribution in [0.4, 0.5) is 10.2 Å². The number of hydrogen-bond donors (Lipinski definition) is 3. The number of ether oxygens (including phenoxy) is 2. The maximum atomic E-state index is 15.6. The molecule has 4 N–H and O–H groups in total. The number of nitrogens with two attached hydrogens (primary N) is 1. The number of rotatable bonds is 13. The number of esters is 1. The van der Waals surface area contributed by atoms with E-state index in [9.17, 15) is 15.0 Å². The largest absolute Gasteiger partial charge is 0.459 e. The molecule has 0 saturated carbocycles. The Labute approximate surface area is 204 Å². The number of unbranched alkanes of at least 4 members (excludes halogenated alkanes) is 8. The molecule has 11 heteroatoms. The summed E-state index contributed by atoms with van der Waals surface area (Å²) >= 11 is 0. The van der Waals surface area contributed by atoms with E-state index in [0.717, 1.165) is 30.2 Å². The van der Waals surface area contributed by atoms with E-state index in [0.29, 0.717) is 6.42 Å². The van der Waals surface area contributed by atoms with E-state index in [1.165, 1.54) is 38.4 Å². The number of hydrogen-bond acceptors (Lipinski definition) is 9. The first-order valence-corrected chi connectivity index (χ1v) is 12.1. The third kappa shape index (κ3) is 5.89. The highest BCUT2D eigenvalue weighted by Gasteiger charge is 2.65. The van der Waals surface area contributed by atoms with Gasteiger partial charge in [0.2, 0.25) is 5.60 Å². The number of halogens is 1. The van der Waals surface area contributed by atoms with Crippen LogP contribution in [0.5, 0.6) is 0 Å². The molecular weight excluding hydrogens is 457 g/mol. The molecule has 0 amide bonds. The fourth-order valence-corrected chi connectivity index (χ4v) is 4.21. The minimum Gasteiger partial charge on any atom is -0.459 e. The van der Waals surface area contributed by atoms with Crippen molar-refractivity contribution in [2.75, 3.05) is 12.3 Å². The molecule has 0 unspecified atom stereocenters. The Bertz CT molecular complexity index is 1040. The molecule has 1 fully saturated rings. The highest BCUT2D eigenvalue weighted by Crippen LogP contribution is 2.46. The van der Waals surface area contributed by atoms with Gasteiger partial charge in [0, 0.05) is 6.42 Å². The number of carbonyl (C=O) groups excluding carboxylic acids is 1. The third-order valence-corrected chi connectivity index (χ3v) is 6.29. The average molecular weight is 492 g/mol. The van der Waals surface area contributed by atoms with Crippen LogP contribution in [0.25, 0.3) is 11.2 Å². The van der Waals surface area contributed by atoms with E-state index in [-0.39, 0.29) is 23.4 Å². The lowest BCUT2D eigenvalue weighted by Gasteiger charge is -2.26. The van der Waals surface area contributed by atoms with Gasteiger partial charge in [0.05, 0.1) is 6.33 Å². The fourth-order valence-electron chi connectivity index (χ4n) is 4.21. The monoisotopic (exact) mass is 491 g/mol. The number of aromatic nitrogens is 4. The molecule has 0 aliphatic carbocycles. The van der Waals surface area contributed by atoms with Gasteiger partial charge in [-0.05, 0) is 6.42 Å². The van der Waals surface area contributed by atoms with E-state index in [2.05, 4.69) is 21.9 Å². The zero-order valence-electron chi connectivity index (χ0n) is 20.0. The molecule has 4 atom stereocenters. The second-order valence-electron chi connectivity index (χ2n) is 8.95. The van der Waals surface area contributed by atoms with Gasteiger partial charge < -0.3 is 25.4 Å². The predicted molar refractivity (Wildman–Crippen MR) is 126 cm³/mol. The van der Waals surface area contributed by atoms with Crippen LogP contribution in [-0.2, 0) is 14.3 Å². The second-order valence-corrected chi connectivity index (χ2v) is 8.95. The van der Waals surface area contributed by atoms with Gasteiger partial charge >= 0.3 is 5.97 Å². The summed E-state index contributed by atoms with van der Waals surface area (Å²) in [6.45, 7) is 1.25. The van der Waals surface area contributed by atoms with Crippen LogP contribution in [0, 0.1) is 12.3 Å². The lowest BCUT2D eigenvalue weighted by atomic mass is 9.94. The molecule has 35 heavy (non-hydrogen) atoms. The normalized spacial score (nSPS) is 26.1. The quantitative estimate of drug-likeness (QED) is 0.219. The third-order valence-electron chi connectivity index (χ3n) is 6.29. The van der Waals surface area contributed by atoms with Crippen LogP contribution < -0.4 is 5.73 Å². The van der Waals surface area contributed by atoms with Gasteiger partial charge in [0.1, 0.15) is 11.8 Å². The number of anilines is 1. The number of nitrogens with zero attached hydrogens (tertiary/aromatic N) is 4. The van der Waals surface area contributed by atoms with Crippen LogP contribution in [0.3, 0.4) is 0 Å². The summed E-state index contributed by atoms with van der Waals surface area (Å²) in [5.41, 5.74) is 3.58. The fraction of sp³-hybridized carbons (Fsp3) is 0.667. The van der Waals surface area contributed by atoms with Crippen molar-refractivity contribution in [1.29, 1.82) is 0 Å². The summed E-state index contributed by atoms with van der Waals surface area (Å²) in [4.78, 5) is 24.0. The Morgan fingerprint density at radius 1 is 1.23 bits per heavy atom. The van der Waals surface area contributed by atoms with Gasteiger partial charge in [-0.25, -0.2) is 19.3 Å². The number of carbonyl (C=O) groups is 1. The standard InChI is InChI=1S/C24H34FN5O5/c1-3-5-6-7-8-9-10-11-12-13-17(31)34-14-24(25)21(32)23(33,4-2)22(35-24)30-16-29-18-19(26)27-15-28-20(18)30/h2,15-16,21-22,32-33H,3,5-14H2,1H3,(H2,26,27,28)/t21-,22+,23+,24+/m0/s1. The summed E-state index contributed by atoms with van der Waals surface area (Å²) in [5, 5.41) is 21.5. The zero-order chi connectivity index (χ0) is 25.5. The number of aliphatic hydroxyl groups is 2. The van der Waals surface area contributed by atoms with E-state index in [1.807, 2.05) is 5.92 Å². The Morgan fingerprint density at radius 3 is 2.54 bits per heavy atom. The highest BCUT2D eigenvalue weighted by molar-refractivity contribution is 5.81. The Balaban J connectivity index is 1.54. The molecular formula is C24H34FN5O5. The second kappa shape index (κ2) is 11.7. The Kier molecular flexibility index (Phi) is 8.99. The van der Waals surface area contributed by atoms with Crippen molar-refractivity contribution >= 4 is 23.0 Å². The molecule has 0 aromatic carbocycles. The lowest BCUT2D eigenvalue weighted by Crippen LogP contribution is -2.50. The van der Waals surface area contributed by atoms with Crippen molar-refractivity contribution in [1.82, 2.24) is 19.5 Å². The minimum absolute atomic E-state index is 0.0634. The van der Waals surface area contributed by atoms with Crippen LogP contribution in [0.1, 0.15) is 77.4 Å². The maximum Gasteiger partial charge on any atom is 0.305 e. The van der Waals surface area contributed by atoms with Gasteiger partial charge in [-0.2, -0.15) is 0 Å². The molecule has 1 aliphatic rings. The van der Waals surface area contributed by atoms with Crippen molar-refractivity contribution in [2.45, 2.75) is 94.9 Å². The molecule has 3 rings (SSSR count). The van der Waals surface area contributed by atoms with Gasteiger partial charge in [-0.3, -0.25) is 9.36 Å². The summed E-state index contributed by atoms with van der Waals surface area (Å²) in [6, 6.07) is 0. The van der Waals surface area contributed by atoms with Crippen LogP contribution in [-0.4, -0.2) is 59.9 Å². The van der Waals surface area contributed by atoms with Crippen LogP contribution in [0.15, 0.2) is 12.7 Å². The molecule has 3 heterocycles. The van der Waals surface area contributed by atoms with Gasteiger partial charge in [0.15, 0.2) is 30.4 Å². The molecule has 0 radical (unpaired) electrons. The number of aliphatic hydroxyl groups excluding tert-OH is 1. The number of fused-ring (bicyclic) bond motifs is 1. The molecule has 0 bridgehead atoms. The number of nitrogen functional groups attached to an aromatic ring is 1. The minimum atomic E-state index is -2.95. The first kappa shape index (κ1) is 26.8. The van der Waals surface area contributed by atoms with Crippen molar-refractivity contribution in [3.63, 3.8) is 0 Å². The van der Waals surface area contributed by atoms with Crippen LogP contribution >= 0.6 is 0 Å². The van der Waals surface area contributed by atoms with Crippen molar-refractivity contribution in [3.05, 3.63) is 12.7 Å². The highest BCUT2D eigenvalue weighted by atomic mass is 19.2. The summed E-state index contributed by atoms with van der Waals surface area (Å²) in [6.07, 6.45) is 13.9. The number of imidazole rings is 1. The SMILES string of the molecule is C#C[C@]1(O)[C@H](n2cnc3c(N)ncnc32)O[C@](F)(COC(=O)CCCCCCCCCCC)[C@H]1O. The molecule has 192 valence electrons. The number of alkyl halides is 1. The molecule has 2 aromatic rings. The molecule has 10 nitrogen and oxygen atoms in total. The van der Waals surface area contributed by atoms with E-state index in [1.54, 1.807) is 0 Å². The molecule has 2 aromatic heterocycles. The van der Waals surface area contributed by atoms with E-state index < -0.39 is 36.4 Å². The first-order valence-electron chi connectivity index (χ1n) is 12.1.